The molecule has 0 amide bonds. The Hall–Kier alpha value is -4.49. The Kier molecular flexibility index (Phi) is 9.63. The van der Waals surface area contributed by atoms with Gasteiger partial charge in [0.15, 0.2) is 14.0 Å². The van der Waals surface area contributed by atoms with Crippen LogP contribution in [0.2, 0.25) is 18.1 Å². The van der Waals surface area contributed by atoms with Gasteiger partial charge in [-0.15, -0.1) is 0 Å². The van der Waals surface area contributed by atoms with Gasteiger partial charge in [-0.05, 0) is 65.2 Å². The third kappa shape index (κ3) is 6.56. The number of methoxy groups -OCH3 is 2. The molecule has 5 rings (SSSR count). The predicted octanol–water partition coefficient (Wildman–Crippen LogP) is 7.85. The van der Waals surface area contributed by atoms with Gasteiger partial charge in [0.1, 0.15) is 41.1 Å². The summed E-state index contributed by atoms with van der Waals surface area (Å²) in [5, 5.41) is 9.65. The maximum absolute atomic E-state index is 9.56. The Labute approximate surface area is 272 Å². The third-order valence-electron chi connectivity index (χ3n) is 8.97. The Morgan fingerprint density at radius 1 is 0.826 bits per heavy atom. The molecule has 0 atom stereocenters. The lowest BCUT2D eigenvalue weighted by Crippen LogP contribution is -2.41. The van der Waals surface area contributed by atoms with Crippen LogP contribution in [0.5, 0.6) is 11.5 Å². The number of nitriles is 1. The van der Waals surface area contributed by atoms with Gasteiger partial charge >= 0.3 is 0 Å². The standard InChI is InChI=1S/C37H42N4O4Si/c1-36(2,3)46(6,7)45-22-21-41-34(40-33-23-27(24-38)25-39-35(33)41)26-44-37(28-11-9-8-10-12-28,29-13-17-31(42-4)18-14-29)30-15-19-32(43-5)20-16-30/h8-20,23,25H,21-22,26H2,1-7H3. The predicted molar refractivity (Wildman–Crippen MR) is 182 cm³/mol. The van der Waals surface area contributed by atoms with Crippen LogP contribution < -0.4 is 9.47 Å². The minimum Gasteiger partial charge on any atom is -0.497 e. The Morgan fingerprint density at radius 2 is 1.39 bits per heavy atom. The molecule has 0 radical (unpaired) electrons. The van der Waals surface area contributed by atoms with Crippen molar-refractivity contribution in [1.29, 1.82) is 5.26 Å². The largest absolute Gasteiger partial charge is 0.497 e. The first-order valence-corrected chi connectivity index (χ1v) is 18.3. The van der Waals surface area contributed by atoms with Gasteiger partial charge in [-0.25, -0.2) is 9.97 Å². The van der Waals surface area contributed by atoms with Gasteiger partial charge in [-0.1, -0.05) is 75.4 Å². The van der Waals surface area contributed by atoms with Crippen molar-refractivity contribution in [2.24, 2.45) is 0 Å². The summed E-state index contributed by atoms with van der Waals surface area (Å²) in [4.78, 5) is 9.61. The fourth-order valence-corrected chi connectivity index (χ4v) is 6.35. The molecule has 0 unspecified atom stereocenters. The number of fused-ring (bicyclic) bond motifs is 1. The average Bonchev–Trinajstić information content (AvgIpc) is 3.41. The molecule has 2 aromatic heterocycles. The van der Waals surface area contributed by atoms with Crippen molar-refractivity contribution in [2.45, 2.75) is 57.7 Å². The Morgan fingerprint density at radius 3 is 1.91 bits per heavy atom. The fourth-order valence-electron chi connectivity index (χ4n) is 5.32. The molecule has 0 aliphatic carbocycles. The average molecular weight is 635 g/mol. The van der Waals surface area contributed by atoms with E-state index in [-0.39, 0.29) is 11.6 Å². The highest BCUT2D eigenvalue weighted by molar-refractivity contribution is 6.74. The maximum atomic E-state index is 9.56. The summed E-state index contributed by atoms with van der Waals surface area (Å²) in [6, 6.07) is 30.1. The molecule has 2 heterocycles. The summed E-state index contributed by atoms with van der Waals surface area (Å²) in [5.41, 5.74) is 3.60. The van der Waals surface area contributed by atoms with Crippen LogP contribution in [-0.4, -0.2) is 43.7 Å². The summed E-state index contributed by atoms with van der Waals surface area (Å²) in [6.45, 7) is 12.4. The summed E-state index contributed by atoms with van der Waals surface area (Å²) < 4.78 is 26.8. The van der Waals surface area contributed by atoms with E-state index in [1.807, 2.05) is 66.7 Å². The fraction of sp³-hybridized carbons (Fsp3) is 0.324. The van der Waals surface area contributed by atoms with E-state index in [0.29, 0.717) is 35.7 Å². The van der Waals surface area contributed by atoms with Gasteiger partial charge in [-0.2, -0.15) is 5.26 Å². The SMILES string of the molecule is COc1ccc(C(OCc2nc3cc(C#N)cnc3n2CCO[Si](C)(C)C(C)(C)C)(c2ccccc2)c2ccc(OC)cc2)cc1. The van der Waals surface area contributed by atoms with Crippen molar-refractivity contribution in [3.63, 3.8) is 0 Å². The van der Waals surface area contributed by atoms with E-state index in [1.54, 1.807) is 26.5 Å². The first-order valence-electron chi connectivity index (χ1n) is 15.4. The summed E-state index contributed by atoms with van der Waals surface area (Å²) in [5.74, 6) is 2.20. The van der Waals surface area contributed by atoms with Crippen LogP contribution in [0.1, 0.15) is 48.8 Å². The molecule has 0 aliphatic rings. The first-order chi connectivity index (χ1) is 22.0. The van der Waals surface area contributed by atoms with Gasteiger partial charge in [0.05, 0.1) is 26.4 Å². The van der Waals surface area contributed by atoms with E-state index in [1.165, 1.54) is 0 Å². The lowest BCUT2D eigenvalue weighted by atomic mass is 9.80. The number of aromatic nitrogens is 3. The highest BCUT2D eigenvalue weighted by Gasteiger charge is 2.39. The first kappa shape index (κ1) is 32.9. The van der Waals surface area contributed by atoms with E-state index in [4.69, 9.17) is 23.6 Å². The van der Waals surface area contributed by atoms with Crippen LogP contribution in [0.25, 0.3) is 11.2 Å². The highest BCUT2D eigenvalue weighted by atomic mass is 28.4. The number of imidazole rings is 1. The molecule has 0 saturated carbocycles. The van der Waals surface area contributed by atoms with E-state index in [0.717, 1.165) is 28.2 Å². The second kappa shape index (κ2) is 13.5. The minimum atomic E-state index is -1.98. The summed E-state index contributed by atoms with van der Waals surface area (Å²) in [7, 11) is 1.33. The second-order valence-electron chi connectivity index (χ2n) is 12.8. The molecule has 0 fully saturated rings. The van der Waals surface area contributed by atoms with Gasteiger partial charge in [0.25, 0.3) is 0 Å². The highest BCUT2D eigenvalue weighted by Crippen LogP contribution is 2.42. The zero-order valence-corrected chi connectivity index (χ0v) is 28.7. The number of hydrogen-bond acceptors (Lipinski definition) is 7. The van der Waals surface area contributed by atoms with Gasteiger partial charge in [0.2, 0.25) is 0 Å². The van der Waals surface area contributed by atoms with E-state index in [2.05, 4.69) is 61.6 Å². The minimum absolute atomic E-state index is 0.0852. The zero-order chi connectivity index (χ0) is 33.0. The summed E-state index contributed by atoms with van der Waals surface area (Å²) >= 11 is 0. The number of ether oxygens (including phenoxy) is 3. The molecule has 3 aromatic carbocycles. The topological polar surface area (TPSA) is 91.4 Å². The van der Waals surface area contributed by atoms with E-state index < -0.39 is 13.9 Å². The van der Waals surface area contributed by atoms with Crippen molar-refractivity contribution in [3.05, 3.63) is 119 Å². The molecule has 0 spiro atoms. The van der Waals surface area contributed by atoms with Crippen LogP contribution in [0.4, 0.5) is 0 Å². The van der Waals surface area contributed by atoms with Crippen molar-refractivity contribution < 1.29 is 18.6 Å². The third-order valence-corrected chi connectivity index (χ3v) is 13.5. The smallest absolute Gasteiger partial charge is 0.192 e. The quantitative estimate of drug-likeness (QED) is 0.102. The van der Waals surface area contributed by atoms with Crippen LogP contribution in [-0.2, 0) is 27.9 Å². The van der Waals surface area contributed by atoms with Gasteiger partial charge < -0.3 is 23.2 Å². The maximum Gasteiger partial charge on any atom is 0.192 e. The molecule has 46 heavy (non-hydrogen) atoms. The van der Waals surface area contributed by atoms with Crippen LogP contribution in [0.15, 0.2) is 91.1 Å². The molecule has 5 aromatic rings. The number of hydrogen-bond donors (Lipinski definition) is 0. The van der Waals surface area contributed by atoms with Gasteiger partial charge in [-0.3, -0.25) is 0 Å². The molecule has 0 saturated heterocycles. The molecular weight excluding hydrogens is 593 g/mol. The molecule has 9 heteroatoms. The van der Waals surface area contributed by atoms with Crippen LogP contribution >= 0.6 is 0 Å². The van der Waals surface area contributed by atoms with Crippen molar-refractivity contribution >= 4 is 19.5 Å². The lowest BCUT2D eigenvalue weighted by Gasteiger charge is -2.36. The van der Waals surface area contributed by atoms with Crippen molar-refractivity contribution in [2.75, 3.05) is 20.8 Å². The zero-order valence-electron chi connectivity index (χ0n) is 27.7. The molecular formula is C37H42N4O4Si. The van der Waals surface area contributed by atoms with E-state index >= 15 is 0 Å². The van der Waals surface area contributed by atoms with Crippen LogP contribution in [0, 0.1) is 11.3 Å². The van der Waals surface area contributed by atoms with Crippen molar-refractivity contribution in [3.8, 4) is 17.6 Å². The molecule has 238 valence electrons. The Balaban J connectivity index is 1.61. The number of nitrogens with zero attached hydrogens (tertiary/aromatic N) is 4. The normalized spacial score (nSPS) is 12.2. The monoisotopic (exact) mass is 634 g/mol. The lowest BCUT2D eigenvalue weighted by molar-refractivity contribution is -0.00455. The summed E-state index contributed by atoms with van der Waals surface area (Å²) in [6.07, 6.45) is 1.59. The molecule has 0 N–H and O–H groups in total. The number of rotatable bonds is 12. The van der Waals surface area contributed by atoms with Crippen LogP contribution in [0.3, 0.4) is 0 Å². The second-order valence-corrected chi connectivity index (χ2v) is 17.6. The van der Waals surface area contributed by atoms with Crippen molar-refractivity contribution in [1.82, 2.24) is 14.5 Å². The van der Waals surface area contributed by atoms with Gasteiger partial charge in [0, 0.05) is 12.7 Å². The van der Waals surface area contributed by atoms with E-state index in [9.17, 15) is 5.26 Å². The Bertz CT molecular complexity index is 1760. The number of pyridine rings is 1. The molecule has 0 aliphatic heterocycles. The molecule has 8 nitrogen and oxygen atoms in total. The number of benzene rings is 3. The molecule has 0 bridgehead atoms.